The molecule has 1 aliphatic rings. The van der Waals surface area contributed by atoms with Crippen LogP contribution in [0.15, 0.2) is 147 Å². The fourth-order valence-electron chi connectivity index (χ4n) is 5.55. The second-order valence-electron chi connectivity index (χ2n) is 11.5. The molecule has 5 rings (SSSR count). The number of rotatable bonds is 8. The van der Waals surface area contributed by atoms with Crippen LogP contribution < -0.4 is 0 Å². The van der Waals surface area contributed by atoms with Crippen molar-refractivity contribution in [3.05, 3.63) is 169 Å². The minimum absolute atomic E-state index is 0.814. The van der Waals surface area contributed by atoms with E-state index in [0.29, 0.717) is 0 Å². The SMILES string of the molecule is C=C(c1ccccc1)[Si]1(C)O[Si](C)(C=Cc2ccccc2)O[Si](C)(C(=C)c2ccccc2)O[Si](C)(C(=C)c2ccccc2)O1. The molecule has 0 aliphatic carbocycles. The first kappa shape index (κ1) is 32.0. The van der Waals surface area contributed by atoms with Crippen molar-refractivity contribution < 1.29 is 16.5 Å². The van der Waals surface area contributed by atoms with Gasteiger partial charge in [-0.05, 0) is 69.7 Å². The highest BCUT2D eigenvalue weighted by molar-refractivity contribution is 7.07. The van der Waals surface area contributed by atoms with Crippen LogP contribution in [-0.4, -0.2) is 34.2 Å². The van der Waals surface area contributed by atoms with Gasteiger partial charge in [0.25, 0.3) is 0 Å². The van der Waals surface area contributed by atoms with Crippen molar-refractivity contribution in [2.75, 3.05) is 0 Å². The van der Waals surface area contributed by atoms with Gasteiger partial charge in [-0.3, -0.25) is 0 Å². The molecule has 1 aliphatic heterocycles. The lowest BCUT2D eigenvalue weighted by molar-refractivity contribution is 0.255. The van der Waals surface area contributed by atoms with E-state index >= 15 is 0 Å². The average molecular weight is 649 g/mol. The molecule has 4 aromatic rings. The van der Waals surface area contributed by atoms with Gasteiger partial charge in [0, 0.05) is 0 Å². The third-order valence-electron chi connectivity index (χ3n) is 7.96. The third-order valence-corrected chi connectivity index (χ3v) is 25.5. The van der Waals surface area contributed by atoms with Crippen LogP contribution in [0.4, 0.5) is 0 Å². The Labute approximate surface area is 266 Å². The molecule has 0 N–H and O–H groups in total. The predicted octanol–water partition coefficient (Wildman–Crippen LogP) is 9.36. The Balaban J connectivity index is 1.68. The lowest BCUT2D eigenvalue weighted by Gasteiger charge is -2.50. The van der Waals surface area contributed by atoms with Crippen LogP contribution in [0.5, 0.6) is 0 Å². The summed E-state index contributed by atoms with van der Waals surface area (Å²) in [5.41, 5.74) is 6.07. The maximum atomic E-state index is 7.38. The highest BCUT2D eigenvalue weighted by Crippen LogP contribution is 2.44. The first-order chi connectivity index (χ1) is 21.0. The van der Waals surface area contributed by atoms with Crippen LogP contribution >= 0.6 is 0 Å². The van der Waals surface area contributed by atoms with E-state index in [9.17, 15) is 0 Å². The standard InChI is InChI=1S/C36H40O4Si4/c1-30(34-22-14-9-15-23-34)42(5)37-41(4,29-28-33-20-12-8-13-21-33)38-43(6,31(2)35-24-16-10-17-25-35)40-44(7,39-42)32(3)36-26-18-11-19-27-36/h8-29H,1-3H2,4-7H3. The first-order valence-corrected chi connectivity index (χ1v) is 24.1. The molecule has 0 saturated carbocycles. The average Bonchev–Trinajstić information content (AvgIpc) is 3.03. The highest BCUT2D eigenvalue weighted by atomic mass is 28.5. The molecule has 224 valence electrons. The Kier molecular flexibility index (Phi) is 9.35. The van der Waals surface area contributed by atoms with Crippen LogP contribution in [0.2, 0.25) is 26.2 Å². The Morgan fingerprint density at radius 2 is 0.750 bits per heavy atom. The summed E-state index contributed by atoms with van der Waals surface area (Å²) in [6.45, 7) is 22.0. The maximum Gasteiger partial charge on any atom is 0.352 e. The third kappa shape index (κ3) is 6.93. The van der Waals surface area contributed by atoms with Crippen LogP contribution in [0, 0.1) is 0 Å². The van der Waals surface area contributed by atoms with Crippen LogP contribution in [0.1, 0.15) is 22.3 Å². The zero-order valence-electron chi connectivity index (χ0n) is 26.0. The number of hydrogen-bond donors (Lipinski definition) is 0. The van der Waals surface area contributed by atoms with E-state index in [0.717, 1.165) is 37.8 Å². The molecule has 1 fully saturated rings. The molecule has 2 unspecified atom stereocenters. The van der Waals surface area contributed by atoms with Crippen molar-refractivity contribution >= 4 is 55.9 Å². The van der Waals surface area contributed by atoms with Gasteiger partial charge in [-0.1, -0.05) is 147 Å². The molecule has 0 aromatic heterocycles. The number of hydrogen-bond acceptors (Lipinski definition) is 4. The van der Waals surface area contributed by atoms with E-state index in [-0.39, 0.29) is 0 Å². The van der Waals surface area contributed by atoms with Crippen molar-refractivity contribution in [3.63, 3.8) is 0 Å². The van der Waals surface area contributed by atoms with Gasteiger partial charge in [-0.25, -0.2) is 0 Å². The fraction of sp³-hybridized carbons (Fsp3) is 0.111. The summed E-state index contributed by atoms with van der Waals surface area (Å²) in [4.78, 5) is 0. The second kappa shape index (κ2) is 12.9. The highest BCUT2D eigenvalue weighted by Gasteiger charge is 2.59. The Bertz CT molecular complexity index is 1590. The molecule has 44 heavy (non-hydrogen) atoms. The van der Waals surface area contributed by atoms with Crippen molar-refractivity contribution in [1.29, 1.82) is 0 Å². The molecule has 1 saturated heterocycles. The summed E-state index contributed by atoms with van der Waals surface area (Å²) in [7, 11) is -13.1. The molecule has 0 amide bonds. The Morgan fingerprint density at radius 3 is 1.09 bits per heavy atom. The topological polar surface area (TPSA) is 36.9 Å². The van der Waals surface area contributed by atoms with Crippen LogP contribution in [0.25, 0.3) is 21.7 Å². The van der Waals surface area contributed by atoms with E-state index in [4.69, 9.17) is 16.5 Å². The molecule has 0 spiro atoms. The van der Waals surface area contributed by atoms with Crippen molar-refractivity contribution in [3.8, 4) is 0 Å². The van der Waals surface area contributed by atoms with Gasteiger partial charge >= 0.3 is 34.2 Å². The van der Waals surface area contributed by atoms with E-state index in [1.807, 2.05) is 109 Å². The van der Waals surface area contributed by atoms with E-state index < -0.39 is 34.2 Å². The summed E-state index contributed by atoms with van der Waals surface area (Å²) in [5, 5.41) is 2.46. The summed E-state index contributed by atoms with van der Waals surface area (Å²) >= 11 is 0. The van der Waals surface area contributed by atoms with Crippen molar-refractivity contribution in [2.24, 2.45) is 0 Å². The van der Waals surface area contributed by atoms with Gasteiger partial charge in [-0.2, -0.15) is 0 Å². The maximum absolute atomic E-state index is 7.38. The van der Waals surface area contributed by atoms with Gasteiger partial charge < -0.3 is 16.5 Å². The Morgan fingerprint density at radius 1 is 0.455 bits per heavy atom. The van der Waals surface area contributed by atoms with Crippen LogP contribution in [0.3, 0.4) is 0 Å². The number of benzene rings is 4. The van der Waals surface area contributed by atoms with Gasteiger partial charge in [0.1, 0.15) is 0 Å². The van der Waals surface area contributed by atoms with Gasteiger partial charge in [-0.15, -0.1) is 0 Å². The lowest BCUT2D eigenvalue weighted by atomic mass is 10.2. The molecule has 4 aromatic carbocycles. The lowest BCUT2D eigenvalue weighted by Crippen LogP contribution is -2.68. The molecular weight excluding hydrogens is 609 g/mol. The van der Waals surface area contributed by atoms with E-state index in [1.54, 1.807) is 0 Å². The Hall–Kier alpha value is -3.45. The summed E-state index contributed by atoms with van der Waals surface area (Å²) < 4.78 is 29.4. The zero-order chi connectivity index (χ0) is 31.4. The molecule has 2 atom stereocenters. The molecule has 0 bridgehead atoms. The smallest absolute Gasteiger partial charge is 0.352 e. The quantitative estimate of drug-likeness (QED) is 0.179. The normalized spacial score (nSPS) is 27.3. The van der Waals surface area contributed by atoms with Gasteiger partial charge in [0.15, 0.2) is 0 Å². The molecule has 1 heterocycles. The fourth-order valence-corrected chi connectivity index (χ4v) is 25.9. The van der Waals surface area contributed by atoms with Gasteiger partial charge in [0.2, 0.25) is 0 Å². The molecular formula is C36H40O4Si4. The minimum Gasteiger partial charge on any atom is -0.409 e. The molecule has 4 nitrogen and oxygen atoms in total. The monoisotopic (exact) mass is 648 g/mol. The molecule has 8 heteroatoms. The first-order valence-electron chi connectivity index (χ1n) is 14.7. The van der Waals surface area contributed by atoms with Crippen LogP contribution in [-0.2, 0) is 16.5 Å². The largest absolute Gasteiger partial charge is 0.409 e. The minimum atomic E-state index is -3.32. The zero-order valence-corrected chi connectivity index (χ0v) is 30.0. The van der Waals surface area contributed by atoms with Crippen molar-refractivity contribution in [2.45, 2.75) is 26.2 Å². The van der Waals surface area contributed by atoms with E-state index in [1.165, 1.54) is 0 Å². The predicted molar refractivity (Wildman–Crippen MR) is 193 cm³/mol. The van der Waals surface area contributed by atoms with Crippen molar-refractivity contribution in [1.82, 2.24) is 0 Å². The second-order valence-corrected chi connectivity index (χ2v) is 24.7. The summed E-state index contributed by atoms with van der Waals surface area (Å²) in [5.74, 6) is 0. The summed E-state index contributed by atoms with van der Waals surface area (Å²) in [6.07, 6.45) is 2.08. The van der Waals surface area contributed by atoms with Gasteiger partial charge in [0.05, 0.1) is 0 Å². The van der Waals surface area contributed by atoms with E-state index in [2.05, 4.69) is 69.8 Å². The summed E-state index contributed by atoms with van der Waals surface area (Å²) in [6, 6.07) is 40.5. The molecule has 0 radical (unpaired) electrons.